The quantitative estimate of drug-likeness (QED) is 0.619. The third kappa shape index (κ3) is 2.32. The number of nitrogens with zero attached hydrogens (tertiary/aromatic N) is 3. The second-order valence-electron chi connectivity index (χ2n) is 5.42. The van der Waals surface area contributed by atoms with E-state index in [1.807, 2.05) is 67.6 Å². The molecule has 0 amide bonds. The first-order valence-electron chi connectivity index (χ1n) is 7.33. The van der Waals surface area contributed by atoms with E-state index in [2.05, 4.69) is 10.2 Å². The van der Waals surface area contributed by atoms with Crippen molar-refractivity contribution in [3.05, 3.63) is 76.7 Å². The van der Waals surface area contributed by atoms with Crippen molar-refractivity contribution in [1.29, 1.82) is 0 Å². The lowest BCUT2D eigenvalue weighted by atomic mass is 10.1. The van der Waals surface area contributed by atoms with Crippen molar-refractivity contribution in [3.63, 3.8) is 0 Å². The van der Waals surface area contributed by atoms with E-state index in [1.54, 1.807) is 0 Å². The Balaban J connectivity index is 2.03. The van der Waals surface area contributed by atoms with Crippen molar-refractivity contribution >= 4 is 5.65 Å². The standard InChI is InChI=1S/C18H14N4O/c1-12-7-9-14(10-8-12)17-19-15(13-5-3-2-4-6-13)11-16-20-21-18(23)22(16)17/h2-11H,1H3,(H,21,23). The first kappa shape index (κ1) is 13.5. The van der Waals surface area contributed by atoms with Crippen LogP contribution in [0.4, 0.5) is 0 Å². The number of H-pyrrole nitrogens is 1. The Bertz CT molecular complexity index is 1030. The maximum Gasteiger partial charge on any atom is 0.349 e. The highest BCUT2D eigenvalue weighted by atomic mass is 16.1. The molecule has 0 saturated heterocycles. The van der Waals surface area contributed by atoms with Crippen molar-refractivity contribution in [1.82, 2.24) is 19.6 Å². The summed E-state index contributed by atoms with van der Waals surface area (Å²) in [6.07, 6.45) is 0. The lowest BCUT2D eigenvalue weighted by molar-refractivity contribution is 1.01. The highest BCUT2D eigenvalue weighted by Gasteiger charge is 2.13. The van der Waals surface area contributed by atoms with Gasteiger partial charge in [-0.2, -0.15) is 5.10 Å². The first-order chi connectivity index (χ1) is 11.2. The fourth-order valence-electron chi connectivity index (χ4n) is 2.58. The van der Waals surface area contributed by atoms with Crippen molar-refractivity contribution in [2.75, 3.05) is 0 Å². The molecule has 1 N–H and O–H groups in total. The van der Waals surface area contributed by atoms with Gasteiger partial charge in [-0.1, -0.05) is 60.2 Å². The van der Waals surface area contributed by atoms with Crippen molar-refractivity contribution in [2.24, 2.45) is 0 Å². The molecule has 112 valence electrons. The van der Waals surface area contributed by atoms with Gasteiger partial charge in [0.15, 0.2) is 11.5 Å². The van der Waals surface area contributed by atoms with Crippen LogP contribution in [0.15, 0.2) is 65.5 Å². The summed E-state index contributed by atoms with van der Waals surface area (Å²) >= 11 is 0. The average Bonchev–Trinajstić information content (AvgIpc) is 2.97. The number of aryl methyl sites for hydroxylation is 1. The van der Waals surface area contributed by atoms with Crippen molar-refractivity contribution < 1.29 is 0 Å². The zero-order valence-electron chi connectivity index (χ0n) is 12.5. The van der Waals surface area contributed by atoms with Crippen LogP contribution in [0.5, 0.6) is 0 Å². The van der Waals surface area contributed by atoms with Gasteiger partial charge in [0.1, 0.15) is 0 Å². The topological polar surface area (TPSA) is 63.0 Å². The van der Waals surface area contributed by atoms with Gasteiger partial charge < -0.3 is 0 Å². The monoisotopic (exact) mass is 302 g/mol. The van der Waals surface area contributed by atoms with E-state index in [0.29, 0.717) is 11.5 Å². The molecule has 0 aliphatic rings. The maximum atomic E-state index is 12.1. The van der Waals surface area contributed by atoms with E-state index < -0.39 is 0 Å². The lowest BCUT2D eigenvalue weighted by Crippen LogP contribution is -2.13. The summed E-state index contributed by atoms with van der Waals surface area (Å²) in [5.74, 6) is 0.583. The van der Waals surface area contributed by atoms with E-state index in [0.717, 1.165) is 22.4 Å². The van der Waals surface area contributed by atoms with Crippen LogP contribution in [0.2, 0.25) is 0 Å². The van der Waals surface area contributed by atoms with Gasteiger partial charge in [-0.25, -0.2) is 19.3 Å². The molecule has 0 aliphatic carbocycles. The molecule has 4 rings (SSSR count). The number of nitrogens with one attached hydrogen (secondary N) is 1. The minimum atomic E-state index is -0.289. The molecule has 5 nitrogen and oxygen atoms in total. The zero-order chi connectivity index (χ0) is 15.8. The first-order valence-corrected chi connectivity index (χ1v) is 7.33. The third-order valence-corrected chi connectivity index (χ3v) is 3.78. The molecule has 0 fully saturated rings. The summed E-state index contributed by atoms with van der Waals surface area (Å²) in [7, 11) is 0. The van der Waals surface area contributed by atoms with Crippen molar-refractivity contribution in [3.8, 4) is 22.6 Å². The Kier molecular flexibility index (Phi) is 3.05. The molecular formula is C18H14N4O. The largest absolute Gasteiger partial charge is 0.349 e. The SMILES string of the molecule is Cc1ccc(-c2nc(-c3ccccc3)cc3n[nH]c(=O)n23)cc1. The molecule has 0 radical (unpaired) electrons. The molecule has 0 saturated carbocycles. The summed E-state index contributed by atoms with van der Waals surface area (Å²) in [5, 5.41) is 6.59. The molecular weight excluding hydrogens is 288 g/mol. The number of hydrogen-bond donors (Lipinski definition) is 1. The second kappa shape index (κ2) is 5.21. The normalized spacial score (nSPS) is 11.0. The second-order valence-corrected chi connectivity index (χ2v) is 5.42. The Labute approximate surface area is 132 Å². The van der Waals surface area contributed by atoms with E-state index in [9.17, 15) is 4.79 Å². The molecule has 2 aromatic heterocycles. The molecule has 5 heteroatoms. The molecule has 2 heterocycles. The number of rotatable bonds is 2. The van der Waals surface area contributed by atoms with Crippen LogP contribution in [0, 0.1) is 6.92 Å². The van der Waals surface area contributed by atoms with Crippen LogP contribution in [0.1, 0.15) is 5.56 Å². The Morgan fingerprint density at radius 1 is 0.957 bits per heavy atom. The summed E-state index contributed by atoms with van der Waals surface area (Å²) in [4.78, 5) is 16.8. The Morgan fingerprint density at radius 2 is 1.70 bits per heavy atom. The van der Waals surface area contributed by atoms with E-state index in [1.165, 1.54) is 4.40 Å². The zero-order valence-corrected chi connectivity index (χ0v) is 12.5. The maximum absolute atomic E-state index is 12.1. The number of aromatic amines is 1. The molecule has 23 heavy (non-hydrogen) atoms. The highest BCUT2D eigenvalue weighted by Crippen LogP contribution is 2.23. The number of hydrogen-bond acceptors (Lipinski definition) is 3. The molecule has 0 bridgehead atoms. The summed E-state index contributed by atoms with van der Waals surface area (Å²) in [6, 6.07) is 19.6. The van der Waals surface area contributed by atoms with Gasteiger partial charge in [-0.3, -0.25) is 0 Å². The third-order valence-electron chi connectivity index (χ3n) is 3.78. The summed E-state index contributed by atoms with van der Waals surface area (Å²) in [6.45, 7) is 2.03. The molecule has 0 aliphatic heterocycles. The van der Waals surface area contributed by atoms with Crippen LogP contribution < -0.4 is 5.69 Å². The van der Waals surface area contributed by atoms with Crippen LogP contribution in [0.25, 0.3) is 28.3 Å². The Morgan fingerprint density at radius 3 is 2.43 bits per heavy atom. The number of fused-ring (bicyclic) bond motifs is 1. The van der Waals surface area contributed by atoms with Crippen LogP contribution in [-0.2, 0) is 0 Å². The molecule has 0 atom stereocenters. The number of aromatic nitrogens is 4. The number of benzene rings is 2. The van der Waals surface area contributed by atoms with Gasteiger partial charge in [0.05, 0.1) is 5.69 Å². The van der Waals surface area contributed by atoms with Gasteiger partial charge >= 0.3 is 5.69 Å². The van der Waals surface area contributed by atoms with Crippen molar-refractivity contribution in [2.45, 2.75) is 6.92 Å². The predicted octanol–water partition coefficient (Wildman–Crippen LogP) is 3.06. The fraction of sp³-hybridized carbons (Fsp3) is 0.0556. The smallest absolute Gasteiger partial charge is 0.246 e. The van der Waals surface area contributed by atoms with Gasteiger partial charge in [0.25, 0.3) is 0 Å². The van der Waals surface area contributed by atoms with Crippen LogP contribution in [-0.4, -0.2) is 19.6 Å². The van der Waals surface area contributed by atoms with E-state index >= 15 is 0 Å². The summed E-state index contributed by atoms with van der Waals surface area (Å²) in [5.41, 5.74) is 4.07. The molecule has 2 aromatic carbocycles. The lowest BCUT2D eigenvalue weighted by Gasteiger charge is -2.08. The Hall–Kier alpha value is -3.21. The van der Waals surface area contributed by atoms with Gasteiger partial charge in [-0.15, -0.1) is 0 Å². The minimum absolute atomic E-state index is 0.289. The average molecular weight is 302 g/mol. The molecule has 0 spiro atoms. The highest BCUT2D eigenvalue weighted by molar-refractivity contribution is 5.69. The summed E-state index contributed by atoms with van der Waals surface area (Å²) < 4.78 is 1.50. The minimum Gasteiger partial charge on any atom is -0.246 e. The predicted molar refractivity (Wildman–Crippen MR) is 89.2 cm³/mol. The van der Waals surface area contributed by atoms with Crippen LogP contribution >= 0.6 is 0 Å². The van der Waals surface area contributed by atoms with E-state index in [4.69, 9.17) is 4.98 Å². The molecule has 4 aromatic rings. The van der Waals surface area contributed by atoms with Gasteiger partial charge in [-0.05, 0) is 6.92 Å². The van der Waals surface area contributed by atoms with E-state index in [-0.39, 0.29) is 5.69 Å². The fourth-order valence-corrected chi connectivity index (χ4v) is 2.58. The van der Waals surface area contributed by atoms with Gasteiger partial charge in [0.2, 0.25) is 0 Å². The molecule has 0 unspecified atom stereocenters. The van der Waals surface area contributed by atoms with Gasteiger partial charge in [0, 0.05) is 17.2 Å². The van der Waals surface area contributed by atoms with Crippen LogP contribution in [0.3, 0.4) is 0 Å².